The molecule has 9 heteroatoms. The van der Waals surface area contributed by atoms with Crippen molar-refractivity contribution in [3.8, 4) is 11.1 Å². The summed E-state index contributed by atoms with van der Waals surface area (Å²) in [6.45, 7) is 4.43. The Bertz CT molecular complexity index is 1400. The van der Waals surface area contributed by atoms with Crippen LogP contribution in [0.5, 0.6) is 0 Å². The third-order valence-electron chi connectivity index (χ3n) is 7.21. The van der Waals surface area contributed by atoms with Crippen LogP contribution in [0.4, 0.5) is 10.5 Å². The molecule has 1 saturated heterocycles. The third-order valence-corrected chi connectivity index (χ3v) is 8.28. The molecule has 2 aromatic carbocycles. The largest absolute Gasteiger partial charge is 0.468 e. The van der Waals surface area contributed by atoms with Crippen LogP contribution in [0.1, 0.15) is 33.2 Å². The minimum absolute atomic E-state index is 0.0398. The summed E-state index contributed by atoms with van der Waals surface area (Å²) in [4.78, 5) is 31.6. The van der Waals surface area contributed by atoms with Gasteiger partial charge in [-0.05, 0) is 48.7 Å². The number of rotatable bonds is 11. The van der Waals surface area contributed by atoms with Gasteiger partial charge < -0.3 is 24.3 Å². The summed E-state index contributed by atoms with van der Waals surface area (Å²) in [5.41, 5.74) is 2.73. The van der Waals surface area contributed by atoms with E-state index >= 15 is 0 Å². The van der Waals surface area contributed by atoms with Gasteiger partial charge in [-0.15, -0.1) is 11.3 Å². The van der Waals surface area contributed by atoms with E-state index in [0.717, 1.165) is 64.8 Å². The lowest BCUT2D eigenvalue weighted by Crippen LogP contribution is -2.42. The number of carbonyl (C=O) groups is 2. The summed E-state index contributed by atoms with van der Waals surface area (Å²) in [7, 11) is 1.85. The highest BCUT2D eigenvalue weighted by Gasteiger charge is 2.23. The number of benzene rings is 2. The number of nitrogens with zero attached hydrogens (tertiary/aromatic N) is 2. The molecule has 0 unspecified atom stereocenters. The summed E-state index contributed by atoms with van der Waals surface area (Å²) in [6.07, 6.45) is 2.65. The van der Waals surface area contributed by atoms with Gasteiger partial charge in [-0.3, -0.25) is 10.1 Å². The molecule has 8 nitrogen and oxygen atoms in total. The normalized spacial score (nSPS) is 14.1. The zero-order valence-electron chi connectivity index (χ0n) is 23.3. The van der Waals surface area contributed by atoms with Crippen LogP contribution in [-0.4, -0.2) is 61.1 Å². The quantitative estimate of drug-likeness (QED) is 0.226. The van der Waals surface area contributed by atoms with Crippen molar-refractivity contribution >= 4 is 29.0 Å². The SMILES string of the molecule is CN(CCN1CCC(OC(=O)Nc2ccccc2-c2ccccc2)CC1)C(=O)c1ccc(CNCc2ccco2)s1. The number of nitrogens with one attached hydrogen (secondary N) is 2. The Morgan fingerprint density at radius 2 is 1.76 bits per heavy atom. The van der Waals surface area contributed by atoms with Gasteiger partial charge in [-0.1, -0.05) is 48.5 Å². The van der Waals surface area contributed by atoms with Gasteiger partial charge in [0.15, 0.2) is 0 Å². The second-order valence-electron chi connectivity index (χ2n) is 10.2. The van der Waals surface area contributed by atoms with E-state index in [1.54, 1.807) is 11.2 Å². The molecule has 1 aliphatic rings. The van der Waals surface area contributed by atoms with Gasteiger partial charge in [0.05, 0.1) is 23.4 Å². The highest BCUT2D eigenvalue weighted by Crippen LogP contribution is 2.28. The van der Waals surface area contributed by atoms with Crippen LogP contribution in [0.3, 0.4) is 0 Å². The second kappa shape index (κ2) is 14.1. The van der Waals surface area contributed by atoms with Crippen molar-refractivity contribution in [3.05, 3.63) is 101 Å². The first-order valence-electron chi connectivity index (χ1n) is 14.0. The predicted molar refractivity (Wildman–Crippen MR) is 162 cm³/mol. The first-order chi connectivity index (χ1) is 20.0. The molecule has 214 valence electrons. The van der Waals surface area contributed by atoms with Crippen molar-refractivity contribution < 1.29 is 18.7 Å². The van der Waals surface area contributed by atoms with Gasteiger partial charge in [0.2, 0.25) is 0 Å². The van der Waals surface area contributed by atoms with E-state index in [1.807, 2.05) is 85.9 Å². The molecular formula is C32H36N4O4S. The number of carbonyl (C=O) groups excluding carboxylic acids is 2. The predicted octanol–water partition coefficient (Wildman–Crippen LogP) is 6.08. The molecule has 0 radical (unpaired) electrons. The molecule has 0 bridgehead atoms. The van der Waals surface area contributed by atoms with Gasteiger partial charge in [0.1, 0.15) is 11.9 Å². The van der Waals surface area contributed by atoms with Crippen molar-refractivity contribution in [2.45, 2.75) is 32.0 Å². The summed E-state index contributed by atoms with van der Waals surface area (Å²) < 4.78 is 11.1. The van der Waals surface area contributed by atoms with Crippen molar-refractivity contribution in [1.82, 2.24) is 15.1 Å². The fraction of sp³-hybridized carbons (Fsp3) is 0.312. The summed E-state index contributed by atoms with van der Waals surface area (Å²) in [5, 5.41) is 6.27. The van der Waals surface area contributed by atoms with Crippen LogP contribution in [0.2, 0.25) is 0 Å². The summed E-state index contributed by atoms with van der Waals surface area (Å²) in [6, 6.07) is 25.4. The van der Waals surface area contributed by atoms with E-state index in [0.29, 0.717) is 19.6 Å². The molecule has 2 amide bonds. The average molecular weight is 573 g/mol. The van der Waals surface area contributed by atoms with E-state index in [1.165, 1.54) is 11.3 Å². The Labute approximate surface area is 244 Å². The molecular weight excluding hydrogens is 536 g/mol. The zero-order chi connectivity index (χ0) is 28.4. The Morgan fingerprint density at radius 3 is 2.54 bits per heavy atom. The molecule has 3 heterocycles. The fourth-order valence-electron chi connectivity index (χ4n) is 4.89. The summed E-state index contributed by atoms with van der Waals surface area (Å²) in [5.74, 6) is 0.930. The number of thiophene rings is 1. The third kappa shape index (κ3) is 8.07. The van der Waals surface area contributed by atoms with Gasteiger partial charge in [0, 0.05) is 50.2 Å². The number of ether oxygens (including phenoxy) is 1. The van der Waals surface area contributed by atoms with E-state index in [2.05, 4.69) is 15.5 Å². The molecule has 0 aliphatic carbocycles. The number of hydrogen-bond acceptors (Lipinski definition) is 7. The molecule has 4 aromatic rings. The van der Waals surface area contributed by atoms with E-state index in [4.69, 9.17) is 9.15 Å². The minimum atomic E-state index is -0.427. The molecule has 0 saturated carbocycles. The van der Waals surface area contributed by atoms with Crippen LogP contribution in [0.15, 0.2) is 89.5 Å². The smallest absolute Gasteiger partial charge is 0.411 e. The van der Waals surface area contributed by atoms with Gasteiger partial charge in [-0.2, -0.15) is 0 Å². The highest BCUT2D eigenvalue weighted by molar-refractivity contribution is 7.14. The number of anilines is 1. The maximum absolute atomic E-state index is 12.9. The zero-order valence-corrected chi connectivity index (χ0v) is 24.1. The first-order valence-corrected chi connectivity index (χ1v) is 14.8. The number of hydrogen-bond donors (Lipinski definition) is 2. The van der Waals surface area contributed by atoms with Crippen molar-refractivity contribution in [2.24, 2.45) is 0 Å². The monoisotopic (exact) mass is 572 g/mol. The van der Waals surface area contributed by atoms with E-state index in [9.17, 15) is 9.59 Å². The topological polar surface area (TPSA) is 87.0 Å². The Morgan fingerprint density at radius 1 is 0.976 bits per heavy atom. The lowest BCUT2D eigenvalue weighted by atomic mass is 10.0. The summed E-state index contributed by atoms with van der Waals surface area (Å²) >= 11 is 1.52. The fourth-order valence-corrected chi connectivity index (χ4v) is 5.87. The number of piperidine rings is 1. The van der Waals surface area contributed by atoms with Crippen LogP contribution in [0.25, 0.3) is 11.1 Å². The number of furan rings is 1. The molecule has 41 heavy (non-hydrogen) atoms. The highest BCUT2D eigenvalue weighted by atomic mass is 32.1. The lowest BCUT2D eigenvalue weighted by molar-refractivity contribution is 0.0541. The van der Waals surface area contributed by atoms with Crippen LogP contribution in [-0.2, 0) is 17.8 Å². The van der Waals surface area contributed by atoms with E-state index in [-0.39, 0.29) is 12.0 Å². The molecule has 0 atom stereocenters. The Hall–Kier alpha value is -3.92. The second-order valence-corrected chi connectivity index (χ2v) is 11.3. The maximum Gasteiger partial charge on any atom is 0.411 e. The molecule has 2 N–H and O–H groups in total. The number of para-hydroxylation sites is 1. The van der Waals surface area contributed by atoms with E-state index < -0.39 is 6.09 Å². The van der Waals surface area contributed by atoms with Gasteiger partial charge in [0.25, 0.3) is 5.91 Å². The molecule has 1 aliphatic heterocycles. The van der Waals surface area contributed by atoms with Crippen molar-refractivity contribution in [2.75, 3.05) is 38.5 Å². The van der Waals surface area contributed by atoms with Crippen LogP contribution < -0.4 is 10.6 Å². The number of likely N-dealkylation sites (tertiary alicyclic amines) is 1. The number of amides is 2. The van der Waals surface area contributed by atoms with Gasteiger partial charge in [-0.25, -0.2) is 4.79 Å². The lowest BCUT2D eigenvalue weighted by Gasteiger charge is -2.32. The maximum atomic E-state index is 12.9. The average Bonchev–Trinajstić information content (AvgIpc) is 3.70. The standard InChI is InChI=1S/C32H36N4O4S/c1-35(31(37)30-14-13-27(41-30)23-33-22-26-10-7-21-39-26)19-20-36-17-15-25(16-18-36)40-32(38)34-29-12-6-5-11-28(29)24-8-3-2-4-9-24/h2-14,21,25,33H,15-20,22-23H2,1H3,(H,34,38). The van der Waals surface area contributed by atoms with Gasteiger partial charge >= 0.3 is 6.09 Å². The molecule has 0 spiro atoms. The number of likely N-dealkylation sites (N-methyl/N-ethyl adjacent to an activating group) is 1. The molecule has 2 aromatic heterocycles. The Balaban J connectivity index is 1.01. The van der Waals surface area contributed by atoms with Crippen molar-refractivity contribution in [3.63, 3.8) is 0 Å². The minimum Gasteiger partial charge on any atom is -0.468 e. The molecule has 5 rings (SSSR count). The molecule has 1 fully saturated rings. The van der Waals surface area contributed by atoms with Crippen molar-refractivity contribution in [1.29, 1.82) is 0 Å². The Kier molecular flexibility index (Phi) is 9.85. The van der Waals surface area contributed by atoms with Crippen LogP contribution in [0, 0.1) is 0 Å². The van der Waals surface area contributed by atoms with Crippen LogP contribution >= 0.6 is 11.3 Å². The first kappa shape index (κ1) is 28.6.